The smallest absolute Gasteiger partial charge is 0.238 e. The van der Waals surface area contributed by atoms with Gasteiger partial charge in [0.15, 0.2) is 0 Å². The molecule has 2 rings (SSSR count). The SMILES string of the molecule is COc1cc(CCC(=O)Nc2cccc(S(N)(=O)=O)c2)cc(OC)c1. The fourth-order valence-corrected chi connectivity index (χ4v) is 2.80. The first-order chi connectivity index (χ1) is 11.8. The van der Waals surface area contributed by atoms with E-state index in [-0.39, 0.29) is 17.2 Å². The Hall–Kier alpha value is -2.58. The predicted octanol–water partition coefficient (Wildman–Crippen LogP) is 1.92. The second-order valence-corrected chi connectivity index (χ2v) is 6.90. The molecule has 0 spiro atoms. The number of sulfonamides is 1. The van der Waals surface area contributed by atoms with Crippen molar-refractivity contribution in [1.82, 2.24) is 0 Å². The Labute approximate surface area is 146 Å². The Morgan fingerprint density at radius 2 is 1.72 bits per heavy atom. The zero-order chi connectivity index (χ0) is 18.4. The monoisotopic (exact) mass is 364 g/mol. The van der Waals surface area contributed by atoms with Crippen molar-refractivity contribution in [2.24, 2.45) is 5.14 Å². The number of hydrogen-bond acceptors (Lipinski definition) is 5. The molecule has 0 radical (unpaired) electrons. The van der Waals surface area contributed by atoms with Crippen LogP contribution in [0.4, 0.5) is 5.69 Å². The Bertz CT molecular complexity index is 843. The largest absolute Gasteiger partial charge is 0.497 e. The van der Waals surface area contributed by atoms with Crippen molar-refractivity contribution >= 4 is 21.6 Å². The highest BCUT2D eigenvalue weighted by Gasteiger charge is 2.10. The molecule has 0 aliphatic carbocycles. The molecule has 8 heteroatoms. The van der Waals surface area contributed by atoms with Crippen LogP contribution in [0.25, 0.3) is 0 Å². The lowest BCUT2D eigenvalue weighted by molar-refractivity contribution is -0.116. The molecule has 0 unspecified atom stereocenters. The first-order valence-electron chi connectivity index (χ1n) is 7.46. The lowest BCUT2D eigenvalue weighted by atomic mass is 10.1. The number of nitrogens with one attached hydrogen (secondary N) is 1. The number of amides is 1. The summed E-state index contributed by atoms with van der Waals surface area (Å²) in [7, 11) is -0.692. The van der Waals surface area contributed by atoms with E-state index in [4.69, 9.17) is 14.6 Å². The molecular weight excluding hydrogens is 344 g/mol. The van der Waals surface area contributed by atoms with Crippen LogP contribution in [0.5, 0.6) is 11.5 Å². The van der Waals surface area contributed by atoms with E-state index < -0.39 is 10.0 Å². The van der Waals surface area contributed by atoms with Crippen LogP contribution in [0, 0.1) is 0 Å². The molecule has 0 saturated heterocycles. The van der Waals surface area contributed by atoms with E-state index in [1.165, 1.54) is 18.2 Å². The number of methoxy groups -OCH3 is 2. The molecule has 7 nitrogen and oxygen atoms in total. The average molecular weight is 364 g/mol. The number of ether oxygens (including phenoxy) is 2. The molecule has 134 valence electrons. The van der Waals surface area contributed by atoms with Crippen LogP contribution in [-0.2, 0) is 21.2 Å². The van der Waals surface area contributed by atoms with Gasteiger partial charge in [-0.25, -0.2) is 13.6 Å². The normalized spacial score (nSPS) is 11.0. The molecular formula is C17H20N2O5S. The van der Waals surface area contributed by atoms with Gasteiger partial charge in [0.1, 0.15) is 11.5 Å². The summed E-state index contributed by atoms with van der Waals surface area (Å²) in [5.74, 6) is 1.06. The second kappa shape index (κ2) is 8.00. The number of carbonyl (C=O) groups is 1. The second-order valence-electron chi connectivity index (χ2n) is 5.34. The van der Waals surface area contributed by atoms with Gasteiger partial charge in [0.25, 0.3) is 0 Å². The molecule has 25 heavy (non-hydrogen) atoms. The maximum Gasteiger partial charge on any atom is 0.238 e. The molecule has 0 heterocycles. The van der Waals surface area contributed by atoms with E-state index in [1.807, 2.05) is 12.1 Å². The minimum absolute atomic E-state index is 0.0529. The third kappa shape index (κ3) is 5.47. The maximum absolute atomic E-state index is 12.1. The summed E-state index contributed by atoms with van der Waals surface area (Å²) in [5.41, 5.74) is 1.27. The standard InChI is InChI=1S/C17H20N2O5S/c1-23-14-8-12(9-15(11-14)24-2)6-7-17(20)19-13-4-3-5-16(10-13)25(18,21)22/h3-5,8-11H,6-7H2,1-2H3,(H,19,20)(H2,18,21,22). The van der Waals surface area contributed by atoms with Crippen molar-refractivity contribution in [3.8, 4) is 11.5 Å². The number of primary sulfonamides is 1. The third-order valence-corrected chi connectivity index (χ3v) is 4.41. The molecule has 0 aliphatic heterocycles. The summed E-state index contributed by atoms with van der Waals surface area (Å²) in [6, 6.07) is 11.2. The lowest BCUT2D eigenvalue weighted by Gasteiger charge is -2.09. The van der Waals surface area contributed by atoms with Crippen LogP contribution in [0.2, 0.25) is 0 Å². The van der Waals surface area contributed by atoms with E-state index in [0.717, 1.165) is 5.56 Å². The molecule has 2 aromatic carbocycles. The Balaban J connectivity index is 2.02. The topological polar surface area (TPSA) is 108 Å². The third-order valence-electron chi connectivity index (χ3n) is 3.50. The number of nitrogens with two attached hydrogens (primary N) is 1. The number of benzene rings is 2. The molecule has 3 N–H and O–H groups in total. The fourth-order valence-electron chi connectivity index (χ4n) is 2.24. The molecule has 0 saturated carbocycles. The van der Waals surface area contributed by atoms with Crippen LogP contribution >= 0.6 is 0 Å². The van der Waals surface area contributed by atoms with Gasteiger partial charge in [-0.2, -0.15) is 0 Å². The molecule has 0 atom stereocenters. The zero-order valence-corrected chi connectivity index (χ0v) is 14.8. The first-order valence-corrected chi connectivity index (χ1v) is 9.01. The van der Waals surface area contributed by atoms with Crippen molar-refractivity contribution in [2.75, 3.05) is 19.5 Å². The Morgan fingerprint density at radius 1 is 1.08 bits per heavy atom. The van der Waals surface area contributed by atoms with Gasteiger partial charge in [0, 0.05) is 18.2 Å². The number of aryl methyl sites for hydroxylation is 1. The van der Waals surface area contributed by atoms with Gasteiger partial charge in [-0.1, -0.05) is 6.07 Å². The van der Waals surface area contributed by atoms with Gasteiger partial charge in [0.2, 0.25) is 15.9 Å². The highest BCUT2D eigenvalue weighted by molar-refractivity contribution is 7.89. The van der Waals surface area contributed by atoms with Gasteiger partial charge >= 0.3 is 0 Å². The highest BCUT2D eigenvalue weighted by atomic mass is 32.2. The average Bonchev–Trinajstić information content (AvgIpc) is 2.59. The van der Waals surface area contributed by atoms with Crippen molar-refractivity contribution in [3.05, 3.63) is 48.0 Å². The van der Waals surface area contributed by atoms with E-state index in [2.05, 4.69) is 5.32 Å². The van der Waals surface area contributed by atoms with Crippen LogP contribution in [0.3, 0.4) is 0 Å². The van der Waals surface area contributed by atoms with Crippen LogP contribution in [-0.4, -0.2) is 28.5 Å². The molecule has 1 amide bonds. The summed E-state index contributed by atoms with van der Waals surface area (Å²) in [6.07, 6.45) is 0.699. The summed E-state index contributed by atoms with van der Waals surface area (Å²) >= 11 is 0. The summed E-state index contributed by atoms with van der Waals surface area (Å²) in [4.78, 5) is 12.0. The number of carbonyl (C=O) groups excluding carboxylic acids is 1. The molecule has 2 aromatic rings. The van der Waals surface area contributed by atoms with E-state index in [1.54, 1.807) is 26.4 Å². The van der Waals surface area contributed by atoms with Crippen molar-refractivity contribution in [3.63, 3.8) is 0 Å². The van der Waals surface area contributed by atoms with Crippen molar-refractivity contribution < 1.29 is 22.7 Å². The highest BCUT2D eigenvalue weighted by Crippen LogP contribution is 2.23. The van der Waals surface area contributed by atoms with E-state index in [9.17, 15) is 13.2 Å². The minimum Gasteiger partial charge on any atom is -0.497 e. The maximum atomic E-state index is 12.1. The van der Waals surface area contributed by atoms with Gasteiger partial charge in [-0.15, -0.1) is 0 Å². The van der Waals surface area contributed by atoms with E-state index in [0.29, 0.717) is 23.6 Å². The van der Waals surface area contributed by atoms with Gasteiger partial charge < -0.3 is 14.8 Å². The van der Waals surface area contributed by atoms with Crippen LogP contribution < -0.4 is 19.9 Å². The lowest BCUT2D eigenvalue weighted by Crippen LogP contribution is -2.15. The van der Waals surface area contributed by atoms with Gasteiger partial charge in [-0.3, -0.25) is 4.79 Å². The molecule has 0 aliphatic rings. The summed E-state index contributed by atoms with van der Waals surface area (Å²) in [6.45, 7) is 0. The molecule has 0 bridgehead atoms. The predicted molar refractivity (Wildman–Crippen MR) is 94.3 cm³/mol. The van der Waals surface area contributed by atoms with Crippen LogP contribution in [0.1, 0.15) is 12.0 Å². The Morgan fingerprint density at radius 3 is 2.28 bits per heavy atom. The first kappa shape index (κ1) is 18.8. The zero-order valence-electron chi connectivity index (χ0n) is 14.0. The van der Waals surface area contributed by atoms with Gasteiger partial charge in [-0.05, 0) is 42.3 Å². The molecule has 0 fully saturated rings. The Kier molecular flexibility index (Phi) is 6.00. The number of rotatable bonds is 7. The van der Waals surface area contributed by atoms with E-state index >= 15 is 0 Å². The summed E-state index contributed by atoms with van der Waals surface area (Å²) in [5, 5.41) is 7.74. The van der Waals surface area contributed by atoms with Crippen LogP contribution in [0.15, 0.2) is 47.4 Å². The molecule has 0 aromatic heterocycles. The van der Waals surface area contributed by atoms with Crippen molar-refractivity contribution in [2.45, 2.75) is 17.7 Å². The quantitative estimate of drug-likeness (QED) is 0.780. The van der Waals surface area contributed by atoms with Gasteiger partial charge in [0.05, 0.1) is 19.1 Å². The fraction of sp³-hybridized carbons (Fsp3) is 0.235. The number of hydrogen-bond donors (Lipinski definition) is 2. The minimum atomic E-state index is -3.81. The number of anilines is 1. The van der Waals surface area contributed by atoms with Crippen molar-refractivity contribution in [1.29, 1.82) is 0 Å². The summed E-state index contributed by atoms with van der Waals surface area (Å²) < 4.78 is 33.1.